The molecule has 2 aromatic carbocycles. The van der Waals surface area contributed by atoms with Crippen LogP contribution < -0.4 is 19.5 Å². The maximum absolute atomic E-state index is 12.6. The summed E-state index contributed by atoms with van der Waals surface area (Å²) in [5.74, 6) is 0.699. The molecule has 0 aliphatic carbocycles. The van der Waals surface area contributed by atoms with Gasteiger partial charge in [-0.1, -0.05) is 6.07 Å². The molecule has 2 aromatic rings. The molecule has 1 atom stereocenters. The van der Waals surface area contributed by atoms with Gasteiger partial charge in [0.25, 0.3) is 0 Å². The zero-order valence-electron chi connectivity index (χ0n) is 18.8. The van der Waals surface area contributed by atoms with Crippen molar-refractivity contribution in [3.63, 3.8) is 0 Å². The van der Waals surface area contributed by atoms with E-state index in [1.165, 1.54) is 21.3 Å². The highest BCUT2D eigenvalue weighted by Gasteiger charge is 2.21. The average Bonchev–Trinajstić information content (AvgIpc) is 2.82. The topological polar surface area (TPSA) is 100 Å². The molecule has 1 N–H and O–H groups in total. The smallest absolute Gasteiger partial charge is 0.307 e. The lowest BCUT2D eigenvalue weighted by molar-refractivity contribution is -0.141. The average molecular weight is 443 g/mol. The molecule has 0 aliphatic rings. The molecule has 0 radical (unpaired) electrons. The Balaban J connectivity index is 2.05. The molecule has 0 aliphatic heterocycles. The van der Waals surface area contributed by atoms with Crippen LogP contribution in [0.1, 0.15) is 48.1 Å². The number of nitrogens with one attached hydrogen (secondary N) is 1. The van der Waals surface area contributed by atoms with Gasteiger partial charge < -0.3 is 24.3 Å². The molecule has 1 unspecified atom stereocenters. The van der Waals surface area contributed by atoms with Gasteiger partial charge in [0.1, 0.15) is 5.75 Å². The van der Waals surface area contributed by atoms with Gasteiger partial charge in [-0.2, -0.15) is 0 Å². The van der Waals surface area contributed by atoms with Crippen molar-refractivity contribution in [3.05, 3.63) is 53.6 Å². The Kier molecular flexibility index (Phi) is 9.53. The van der Waals surface area contributed by atoms with Gasteiger partial charge in [-0.05, 0) is 48.9 Å². The van der Waals surface area contributed by atoms with E-state index in [2.05, 4.69) is 5.32 Å². The van der Waals surface area contributed by atoms with Crippen LogP contribution in [0.5, 0.6) is 17.2 Å². The Bertz CT molecular complexity index is 924. The Labute approximate surface area is 187 Å². The fraction of sp³-hybridized carbons (Fsp3) is 0.375. The molecule has 0 saturated carbocycles. The van der Waals surface area contributed by atoms with Crippen LogP contribution in [-0.2, 0) is 14.3 Å². The predicted molar refractivity (Wildman–Crippen MR) is 118 cm³/mol. The summed E-state index contributed by atoms with van der Waals surface area (Å²) in [4.78, 5) is 36.9. The first-order chi connectivity index (χ1) is 15.4. The summed E-state index contributed by atoms with van der Waals surface area (Å²) in [5, 5.41) is 2.81. The minimum absolute atomic E-state index is 0.0169. The largest absolute Gasteiger partial charge is 0.494 e. The van der Waals surface area contributed by atoms with Gasteiger partial charge in [-0.3, -0.25) is 14.4 Å². The van der Waals surface area contributed by atoms with Crippen molar-refractivity contribution in [1.29, 1.82) is 0 Å². The van der Waals surface area contributed by atoms with Gasteiger partial charge in [0.05, 0.1) is 40.4 Å². The van der Waals surface area contributed by atoms with Gasteiger partial charge in [0.15, 0.2) is 17.3 Å². The van der Waals surface area contributed by atoms with E-state index in [1.54, 1.807) is 42.5 Å². The molecule has 0 heterocycles. The molecule has 0 aromatic heterocycles. The molecule has 0 spiro atoms. The van der Waals surface area contributed by atoms with E-state index < -0.39 is 12.0 Å². The van der Waals surface area contributed by atoms with Crippen molar-refractivity contribution < 1.29 is 33.3 Å². The molecular weight excluding hydrogens is 414 g/mol. The summed E-state index contributed by atoms with van der Waals surface area (Å²) in [5.41, 5.74) is 1.16. The number of Topliss-reactive ketones (excluding diaryl/α,β-unsaturated/α-hetero) is 1. The first kappa shape index (κ1) is 24.7. The standard InChI is InChI=1S/C24H29NO7/c1-5-32-18-9-6-16(7-10-18)20(26)11-13-23(27)25-19(15-24(28)31-4)17-8-12-21(29-2)22(14-17)30-3/h6-10,12,14,19H,5,11,13,15H2,1-4H3,(H,25,27). The molecular formula is C24H29NO7. The molecule has 32 heavy (non-hydrogen) atoms. The van der Waals surface area contributed by atoms with E-state index in [-0.39, 0.29) is 31.0 Å². The highest BCUT2D eigenvalue weighted by atomic mass is 16.5. The fourth-order valence-corrected chi connectivity index (χ4v) is 3.11. The van der Waals surface area contributed by atoms with E-state index in [9.17, 15) is 14.4 Å². The Morgan fingerprint density at radius 2 is 1.59 bits per heavy atom. The van der Waals surface area contributed by atoms with Crippen LogP contribution in [0.15, 0.2) is 42.5 Å². The van der Waals surface area contributed by atoms with Crippen molar-refractivity contribution in [3.8, 4) is 17.2 Å². The van der Waals surface area contributed by atoms with Crippen LogP contribution in [0.4, 0.5) is 0 Å². The van der Waals surface area contributed by atoms with Crippen LogP contribution >= 0.6 is 0 Å². The molecule has 2 rings (SSSR count). The summed E-state index contributed by atoms with van der Waals surface area (Å²) in [6, 6.07) is 11.3. The van der Waals surface area contributed by atoms with E-state index in [0.29, 0.717) is 35.0 Å². The normalized spacial score (nSPS) is 11.2. The number of methoxy groups -OCH3 is 3. The van der Waals surface area contributed by atoms with Gasteiger partial charge in [0.2, 0.25) is 5.91 Å². The highest BCUT2D eigenvalue weighted by molar-refractivity contribution is 5.98. The number of ether oxygens (including phenoxy) is 4. The number of rotatable bonds is 12. The second kappa shape index (κ2) is 12.3. The van der Waals surface area contributed by atoms with Gasteiger partial charge in [0, 0.05) is 18.4 Å². The number of hydrogen-bond donors (Lipinski definition) is 1. The third-order valence-corrected chi connectivity index (χ3v) is 4.81. The Hall–Kier alpha value is -3.55. The van der Waals surface area contributed by atoms with Crippen molar-refractivity contribution >= 4 is 17.7 Å². The van der Waals surface area contributed by atoms with Crippen LogP contribution in [-0.4, -0.2) is 45.6 Å². The molecule has 8 nitrogen and oxygen atoms in total. The van der Waals surface area contributed by atoms with E-state index in [0.717, 1.165) is 0 Å². The van der Waals surface area contributed by atoms with Crippen molar-refractivity contribution in [2.45, 2.75) is 32.2 Å². The number of benzene rings is 2. The minimum atomic E-state index is -0.643. The minimum Gasteiger partial charge on any atom is -0.494 e. The maximum atomic E-state index is 12.6. The van der Waals surface area contributed by atoms with Gasteiger partial charge in [-0.15, -0.1) is 0 Å². The summed E-state index contributed by atoms with van der Waals surface area (Å²) in [6.45, 7) is 2.42. The van der Waals surface area contributed by atoms with Gasteiger partial charge >= 0.3 is 5.97 Å². The molecule has 0 bridgehead atoms. The Morgan fingerprint density at radius 3 is 2.19 bits per heavy atom. The maximum Gasteiger partial charge on any atom is 0.307 e. The predicted octanol–water partition coefficient (Wildman–Crippen LogP) is 3.49. The lowest BCUT2D eigenvalue weighted by atomic mass is 10.0. The second-order valence-corrected chi connectivity index (χ2v) is 6.90. The first-order valence-electron chi connectivity index (χ1n) is 10.3. The number of carbonyl (C=O) groups excluding carboxylic acids is 3. The van der Waals surface area contributed by atoms with Crippen LogP contribution in [0.25, 0.3) is 0 Å². The summed E-state index contributed by atoms with van der Waals surface area (Å²) in [7, 11) is 4.31. The Morgan fingerprint density at radius 1 is 0.906 bits per heavy atom. The molecule has 0 saturated heterocycles. The van der Waals surface area contributed by atoms with E-state index >= 15 is 0 Å². The summed E-state index contributed by atoms with van der Waals surface area (Å²) < 4.78 is 20.7. The molecule has 172 valence electrons. The third kappa shape index (κ3) is 7.01. The van der Waals surface area contributed by atoms with Crippen LogP contribution in [0, 0.1) is 0 Å². The number of carbonyl (C=O) groups is 3. The zero-order chi connectivity index (χ0) is 23.5. The van der Waals surface area contributed by atoms with E-state index in [4.69, 9.17) is 18.9 Å². The lowest BCUT2D eigenvalue weighted by Gasteiger charge is -2.19. The number of ketones is 1. The quantitative estimate of drug-likeness (QED) is 0.396. The second-order valence-electron chi connectivity index (χ2n) is 6.90. The first-order valence-corrected chi connectivity index (χ1v) is 10.3. The highest BCUT2D eigenvalue weighted by Crippen LogP contribution is 2.31. The zero-order valence-corrected chi connectivity index (χ0v) is 18.8. The number of hydrogen-bond acceptors (Lipinski definition) is 7. The molecule has 0 fully saturated rings. The molecule has 1 amide bonds. The summed E-state index contributed by atoms with van der Waals surface area (Å²) >= 11 is 0. The van der Waals surface area contributed by atoms with Gasteiger partial charge in [-0.25, -0.2) is 0 Å². The lowest BCUT2D eigenvalue weighted by Crippen LogP contribution is -2.30. The third-order valence-electron chi connectivity index (χ3n) is 4.81. The van der Waals surface area contributed by atoms with Crippen LogP contribution in [0.3, 0.4) is 0 Å². The van der Waals surface area contributed by atoms with Crippen molar-refractivity contribution in [2.75, 3.05) is 27.9 Å². The van der Waals surface area contributed by atoms with Crippen molar-refractivity contribution in [2.24, 2.45) is 0 Å². The van der Waals surface area contributed by atoms with Crippen molar-refractivity contribution in [1.82, 2.24) is 5.32 Å². The monoisotopic (exact) mass is 443 g/mol. The SMILES string of the molecule is CCOc1ccc(C(=O)CCC(=O)NC(CC(=O)OC)c2ccc(OC)c(OC)c2)cc1. The summed E-state index contributed by atoms with van der Waals surface area (Å²) in [6.07, 6.45) is -0.0434. The fourth-order valence-electron chi connectivity index (χ4n) is 3.11. The molecule has 8 heteroatoms. The number of amides is 1. The van der Waals surface area contributed by atoms with Crippen LogP contribution in [0.2, 0.25) is 0 Å². The van der Waals surface area contributed by atoms with E-state index in [1.807, 2.05) is 6.92 Å². The number of esters is 1.